The van der Waals surface area contributed by atoms with Gasteiger partial charge in [0.25, 0.3) is 0 Å². The highest BCUT2D eigenvalue weighted by molar-refractivity contribution is 5.91. The van der Waals surface area contributed by atoms with Gasteiger partial charge in [-0.1, -0.05) is 24.3 Å². The number of carbonyl (C=O) groups is 2. The van der Waals surface area contributed by atoms with Crippen molar-refractivity contribution in [2.24, 2.45) is 0 Å². The number of anilines is 1. The first-order chi connectivity index (χ1) is 14.6. The standard InChI is InChI=1S/C24H30N2O5/c1-16-9-10-17(15-20(16)30-5)11-12-19(27)18-7-6-8-21(25-18)26-22(28)13-14-23(29)31-24(2,3)4/h6-12,15,19,27H,13-14H2,1-5H3,(H,25,26,28)/b12-11+/t19-/m1/s1. The lowest BCUT2D eigenvalue weighted by molar-refractivity contribution is -0.155. The van der Waals surface area contributed by atoms with Crippen molar-refractivity contribution < 1.29 is 24.2 Å². The van der Waals surface area contributed by atoms with E-state index in [2.05, 4.69) is 10.3 Å². The van der Waals surface area contributed by atoms with Gasteiger partial charge >= 0.3 is 5.97 Å². The molecule has 2 rings (SSSR count). The van der Waals surface area contributed by atoms with Gasteiger partial charge < -0.3 is 19.9 Å². The molecule has 0 radical (unpaired) electrons. The third kappa shape index (κ3) is 8.22. The highest BCUT2D eigenvalue weighted by Crippen LogP contribution is 2.21. The molecule has 2 aromatic rings. The number of hydrogen-bond acceptors (Lipinski definition) is 6. The molecule has 1 heterocycles. The lowest BCUT2D eigenvalue weighted by Crippen LogP contribution is -2.24. The minimum Gasteiger partial charge on any atom is -0.496 e. The summed E-state index contributed by atoms with van der Waals surface area (Å²) < 4.78 is 10.5. The number of methoxy groups -OCH3 is 1. The Bertz CT molecular complexity index is 947. The zero-order chi connectivity index (χ0) is 23.0. The number of aryl methyl sites for hydroxylation is 1. The SMILES string of the molecule is COc1cc(/C=C/[C@@H](O)c2cccc(NC(=O)CCC(=O)OC(C)(C)C)n2)ccc1C. The molecule has 166 valence electrons. The summed E-state index contributed by atoms with van der Waals surface area (Å²) in [5, 5.41) is 13.1. The van der Waals surface area contributed by atoms with Gasteiger partial charge in [-0.15, -0.1) is 0 Å². The van der Waals surface area contributed by atoms with Gasteiger partial charge in [-0.25, -0.2) is 4.98 Å². The molecule has 31 heavy (non-hydrogen) atoms. The van der Waals surface area contributed by atoms with Crippen LogP contribution in [0.25, 0.3) is 6.08 Å². The lowest BCUT2D eigenvalue weighted by Gasteiger charge is -2.19. The number of nitrogens with zero attached hydrogens (tertiary/aromatic N) is 1. The number of pyridine rings is 1. The fourth-order valence-corrected chi connectivity index (χ4v) is 2.74. The van der Waals surface area contributed by atoms with E-state index in [9.17, 15) is 14.7 Å². The number of rotatable bonds is 8. The number of hydrogen-bond donors (Lipinski definition) is 2. The summed E-state index contributed by atoms with van der Waals surface area (Å²) in [6, 6.07) is 10.7. The van der Waals surface area contributed by atoms with Crippen LogP contribution in [0.3, 0.4) is 0 Å². The summed E-state index contributed by atoms with van der Waals surface area (Å²) in [4.78, 5) is 28.1. The number of carbonyl (C=O) groups excluding carboxylic acids is 2. The summed E-state index contributed by atoms with van der Waals surface area (Å²) in [5.74, 6) is 0.284. The second-order valence-corrected chi connectivity index (χ2v) is 8.12. The van der Waals surface area contributed by atoms with Crippen LogP contribution in [0.15, 0.2) is 42.5 Å². The van der Waals surface area contributed by atoms with E-state index in [4.69, 9.17) is 9.47 Å². The van der Waals surface area contributed by atoms with Crippen LogP contribution in [-0.2, 0) is 14.3 Å². The van der Waals surface area contributed by atoms with E-state index in [1.54, 1.807) is 58.2 Å². The third-order valence-electron chi connectivity index (χ3n) is 4.22. The van der Waals surface area contributed by atoms with E-state index in [0.717, 1.165) is 16.9 Å². The first-order valence-electron chi connectivity index (χ1n) is 10.1. The van der Waals surface area contributed by atoms with E-state index < -0.39 is 17.7 Å². The Morgan fingerprint density at radius 2 is 1.94 bits per heavy atom. The van der Waals surface area contributed by atoms with Crippen molar-refractivity contribution in [3.63, 3.8) is 0 Å². The number of aromatic nitrogens is 1. The zero-order valence-corrected chi connectivity index (χ0v) is 18.6. The Morgan fingerprint density at radius 1 is 1.19 bits per heavy atom. The topological polar surface area (TPSA) is 97.8 Å². The van der Waals surface area contributed by atoms with Crippen molar-refractivity contribution in [1.29, 1.82) is 0 Å². The number of esters is 1. The average Bonchev–Trinajstić information content (AvgIpc) is 2.70. The molecule has 0 aliphatic carbocycles. The van der Waals surface area contributed by atoms with Crippen LogP contribution in [0.1, 0.15) is 56.5 Å². The zero-order valence-electron chi connectivity index (χ0n) is 18.6. The largest absolute Gasteiger partial charge is 0.496 e. The second-order valence-electron chi connectivity index (χ2n) is 8.12. The number of amides is 1. The monoisotopic (exact) mass is 426 g/mol. The normalized spacial score (nSPS) is 12.5. The summed E-state index contributed by atoms with van der Waals surface area (Å²) in [6.07, 6.45) is 2.40. The molecule has 0 unspecified atom stereocenters. The van der Waals surface area contributed by atoms with Gasteiger partial charge in [0.1, 0.15) is 23.3 Å². The molecule has 1 aromatic heterocycles. The van der Waals surface area contributed by atoms with Gasteiger partial charge in [-0.2, -0.15) is 0 Å². The van der Waals surface area contributed by atoms with E-state index >= 15 is 0 Å². The molecule has 7 nitrogen and oxygen atoms in total. The van der Waals surface area contributed by atoms with Crippen molar-refractivity contribution in [3.05, 3.63) is 59.3 Å². The van der Waals surface area contributed by atoms with E-state index in [1.807, 2.05) is 25.1 Å². The molecule has 1 aromatic carbocycles. The number of ether oxygens (including phenoxy) is 2. The fraction of sp³-hybridized carbons (Fsp3) is 0.375. The lowest BCUT2D eigenvalue weighted by atomic mass is 10.1. The minimum absolute atomic E-state index is 0.0153. The van der Waals surface area contributed by atoms with Crippen molar-refractivity contribution >= 4 is 23.8 Å². The van der Waals surface area contributed by atoms with Crippen LogP contribution < -0.4 is 10.1 Å². The summed E-state index contributed by atoms with van der Waals surface area (Å²) in [5.41, 5.74) is 1.71. The molecule has 0 bridgehead atoms. The molecule has 1 amide bonds. The maximum atomic E-state index is 12.1. The molecule has 0 aliphatic rings. The number of benzene rings is 1. The minimum atomic E-state index is -0.953. The Hall–Kier alpha value is -3.19. The number of aliphatic hydroxyl groups is 1. The van der Waals surface area contributed by atoms with Gasteiger partial charge in [-0.05, 0) is 63.1 Å². The maximum Gasteiger partial charge on any atom is 0.306 e. The smallest absolute Gasteiger partial charge is 0.306 e. The first-order valence-corrected chi connectivity index (χ1v) is 10.1. The highest BCUT2D eigenvalue weighted by Gasteiger charge is 2.17. The summed E-state index contributed by atoms with van der Waals surface area (Å²) in [6.45, 7) is 7.28. The highest BCUT2D eigenvalue weighted by atomic mass is 16.6. The van der Waals surface area contributed by atoms with Gasteiger partial charge in [0.05, 0.1) is 19.2 Å². The van der Waals surface area contributed by atoms with Gasteiger partial charge in [0.15, 0.2) is 0 Å². The van der Waals surface area contributed by atoms with Crippen molar-refractivity contribution in [2.75, 3.05) is 12.4 Å². The molecule has 7 heteroatoms. The second kappa shape index (κ2) is 10.7. The molecule has 0 spiro atoms. The predicted octanol–water partition coefficient (Wildman–Crippen LogP) is 4.21. The Balaban J connectivity index is 1.96. The molecule has 1 atom stereocenters. The van der Waals surface area contributed by atoms with E-state index in [0.29, 0.717) is 11.5 Å². The van der Waals surface area contributed by atoms with E-state index in [-0.39, 0.29) is 18.7 Å². The molecule has 0 saturated heterocycles. The van der Waals surface area contributed by atoms with Crippen LogP contribution in [0.2, 0.25) is 0 Å². The number of nitrogens with one attached hydrogen (secondary N) is 1. The molecule has 0 saturated carbocycles. The third-order valence-corrected chi connectivity index (χ3v) is 4.22. The first kappa shape index (κ1) is 24.1. The van der Waals surface area contributed by atoms with Crippen LogP contribution >= 0.6 is 0 Å². The maximum absolute atomic E-state index is 12.1. The Kier molecular flexibility index (Phi) is 8.33. The Morgan fingerprint density at radius 3 is 2.61 bits per heavy atom. The van der Waals surface area contributed by atoms with Crippen LogP contribution in [0.5, 0.6) is 5.75 Å². The summed E-state index contributed by atoms with van der Waals surface area (Å²) >= 11 is 0. The van der Waals surface area contributed by atoms with Crippen molar-refractivity contribution in [2.45, 2.75) is 52.2 Å². The Labute approximate surface area is 183 Å². The fourth-order valence-electron chi connectivity index (χ4n) is 2.74. The van der Waals surface area contributed by atoms with E-state index in [1.165, 1.54) is 0 Å². The molecule has 2 N–H and O–H groups in total. The molecule has 0 fully saturated rings. The molecular weight excluding hydrogens is 396 g/mol. The van der Waals surface area contributed by atoms with Gasteiger partial charge in [0, 0.05) is 6.42 Å². The summed E-state index contributed by atoms with van der Waals surface area (Å²) in [7, 11) is 1.61. The quantitative estimate of drug-likeness (QED) is 0.614. The molecular formula is C24H30N2O5. The van der Waals surface area contributed by atoms with Crippen LogP contribution in [0.4, 0.5) is 5.82 Å². The van der Waals surface area contributed by atoms with Crippen molar-refractivity contribution in [3.8, 4) is 5.75 Å². The van der Waals surface area contributed by atoms with Crippen LogP contribution in [-0.4, -0.2) is 34.7 Å². The van der Waals surface area contributed by atoms with Gasteiger partial charge in [0.2, 0.25) is 5.91 Å². The van der Waals surface area contributed by atoms with Crippen LogP contribution in [0, 0.1) is 6.92 Å². The van der Waals surface area contributed by atoms with Gasteiger partial charge in [-0.3, -0.25) is 9.59 Å². The van der Waals surface area contributed by atoms with Crippen molar-refractivity contribution in [1.82, 2.24) is 4.98 Å². The predicted molar refractivity (Wildman–Crippen MR) is 120 cm³/mol. The molecule has 0 aliphatic heterocycles. The number of aliphatic hydroxyl groups excluding tert-OH is 1. The average molecular weight is 427 g/mol.